The van der Waals surface area contributed by atoms with E-state index in [1.165, 1.54) is 11.2 Å². The van der Waals surface area contributed by atoms with E-state index in [0.717, 1.165) is 11.1 Å². The summed E-state index contributed by atoms with van der Waals surface area (Å²) in [6.45, 7) is 6.25. The number of nitriles is 1. The molecule has 0 bridgehead atoms. The molecule has 3 heterocycles. The fourth-order valence-corrected chi connectivity index (χ4v) is 3.92. The number of anilines is 1. The van der Waals surface area contributed by atoms with Crippen LogP contribution in [-0.4, -0.2) is 43.2 Å². The molecule has 1 aliphatic heterocycles. The molecule has 1 unspecified atom stereocenters. The van der Waals surface area contributed by atoms with Crippen LogP contribution < -0.4 is 5.32 Å². The molecule has 2 aromatic heterocycles. The highest BCUT2D eigenvalue weighted by Crippen LogP contribution is 2.27. The molecule has 186 valence electrons. The molecule has 1 atom stereocenters. The van der Waals surface area contributed by atoms with E-state index in [0.29, 0.717) is 33.7 Å². The van der Waals surface area contributed by atoms with E-state index in [1.54, 1.807) is 35.1 Å². The number of halogens is 1. The fourth-order valence-electron chi connectivity index (χ4n) is 3.80. The summed E-state index contributed by atoms with van der Waals surface area (Å²) in [5.74, 6) is 1.04. The summed E-state index contributed by atoms with van der Waals surface area (Å²) in [4.78, 5) is 17.6. The molecule has 10 nitrogen and oxygen atoms in total. The lowest BCUT2D eigenvalue weighted by Crippen LogP contribution is -2.31. The molecule has 0 saturated carbocycles. The lowest BCUT2D eigenvalue weighted by molar-refractivity contribution is 0.215. The molecule has 0 fully saturated rings. The Labute approximate surface area is 218 Å². The average molecular weight is 515 g/mol. The Kier molecular flexibility index (Phi) is 6.23. The highest BCUT2D eigenvalue weighted by molar-refractivity contribution is 6.30. The van der Waals surface area contributed by atoms with Crippen LogP contribution in [0.25, 0.3) is 11.4 Å². The number of rotatable bonds is 4. The summed E-state index contributed by atoms with van der Waals surface area (Å²) in [6.07, 6.45) is 3.12. The van der Waals surface area contributed by atoms with Crippen molar-refractivity contribution in [1.29, 1.82) is 5.26 Å². The highest BCUT2D eigenvalue weighted by atomic mass is 35.5. The van der Waals surface area contributed by atoms with Crippen molar-refractivity contribution < 1.29 is 9.32 Å². The van der Waals surface area contributed by atoms with E-state index >= 15 is 0 Å². The van der Waals surface area contributed by atoms with Crippen molar-refractivity contribution in [2.24, 2.45) is 5.10 Å². The van der Waals surface area contributed by atoms with Crippen molar-refractivity contribution in [3.05, 3.63) is 83.0 Å². The monoisotopic (exact) mass is 514 g/mol. The minimum absolute atomic E-state index is 0.243. The van der Waals surface area contributed by atoms with E-state index in [1.807, 2.05) is 45.0 Å². The number of hydrogen-bond donors (Lipinski definition) is 1. The molecule has 0 radical (unpaired) electrons. The van der Waals surface area contributed by atoms with Gasteiger partial charge in [0.25, 0.3) is 0 Å². The summed E-state index contributed by atoms with van der Waals surface area (Å²) < 4.78 is 7.01. The van der Waals surface area contributed by atoms with Gasteiger partial charge in [-0.15, -0.1) is 0 Å². The second-order valence-electron chi connectivity index (χ2n) is 9.59. The minimum Gasteiger partial charge on any atom is -0.338 e. The first-order valence-corrected chi connectivity index (χ1v) is 11.9. The second-order valence-corrected chi connectivity index (χ2v) is 10.0. The van der Waals surface area contributed by atoms with Crippen molar-refractivity contribution in [3.63, 3.8) is 0 Å². The van der Waals surface area contributed by atoms with Crippen LogP contribution >= 0.6 is 11.6 Å². The van der Waals surface area contributed by atoms with Gasteiger partial charge >= 0.3 is 6.03 Å². The smallest absolute Gasteiger partial charge is 0.338 e. The number of nitrogens with zero attached hydrogens (tertiary/aromatic N) is 7. The summed E-state index contributed by atoms with van der Waals surface area (Å²) in [7, 11) is 0. The number of carbonyl (C=O) groups excluding carboxylic acids is 1. The third kappa shape index (κ3) is 5.08. The third-order valence-corrected chi connectivity index (χ3v) is 6.03. The fraction of sp³-hybridized carbons (Fsp3) is 0.231. The van der Waals surface area contributed by atoms with E-state index in [4.69, 9.17) is 16.1 Å². The van der Waals surface area contributed by atoms with E-state index < -0.39 is 6.03 Å². The van der Waals surface area contributed by atoms with Gasteiger partial charge in [-0.1, -0.05) is 49.7 Å². The van der Waals surface area contributed by atoms with Gasteiger partial charge in [0.05, 0.1) is 24.0 Å². The van der Waals surface area contributed by atoms with Crippen LogP contribution in [0.2, 0.25) is 5.02 Å². The predicted molar refractivity (Wildman–Crippen MR) is 138 cm³/mol. The molecule has 2 aromatic carbocycles. The Morgan fingerprint density at radius 2 is 1.84 bits per heavy atom. The zero-order chi connectivity index (χ0) is 26.2. The molecular formula is C26H23ClN8O2. The lowest BCUT2D eigenvalue weighted by atomic mass is 9.97. The van der Waals surface area contributed by atoms with Gasteiger partial charge in [0.15, 0.2) is 0 Å². The standard InChI is InChI=1S/C26H23ClN8O2/c1-26(2,3)24-31-23(33-37-24)18-6-10-20(11-7-18)30-25(36)35-15-21(34-14-16(12-28)13-29-34)22(32-35)17-4-8-19(27)9-5-17/h4-11,13-14,21H,15H2,1-3H3,(H,30,36). The van der Waals surface area contributed by atoms with Crippen molar-refractivity contribution >= 4 is 29.0 Å². The van der Waals surface area contributed by atoms with Crippen molar-refractivity contribution in [1.82, 2.24) is 24.9 Å². The first kappa shape index (κ1) is 24.2. The van der Waals surface area contributed by atoms with Crippen molar-refractivity contribution in [2.45, 2.75) is 32.2 Å². The van der Waals surface area contributed by atoms with Gasteiger partial charge in [-0.3, -0.25) is 4.68 Å². The maximum atomic E-state index is 13.1. The summed E-state index contributed by atoms with van der Waals surface area (Å²) in [5.41, 5.74) is 2.98. The van der Waals surface area contributed by atoms with Gasteiger partial charge in [0.1, 0.15) is 12.1 Å². The molecule has 1 N–H and O–H groups in total. The lowest BCUT2D eigenvalue weighted by Gasteiger charge is -2.16. The number of aromatic nitrogens is 4. The van der Waals surface area contributed by atoms with Crippen LogP contribution in [0, 0.1) is 11.3 Å². The van der Waals surface area contributed by atoms with Gasteiger partial charge < -0.3 is 9.84 Å². The molecule has 0 spiro atoms. The number of nitrogens with one attached hydrogen (secondary N) is 1. The topological polar surface area (TPSA) is 125 Å². The molecule has 0 aliphatic carbocycles. The van der Waals surface area contributed by atoms with Gasteiger partial charge in [0.2, 0.25) is 11.7 Å². The molecule has 5 rings (SSSR count). The van der Waals surface area contributed by atoms with Crippen LogP contribution in [0.1, 0.15) is 43.8 Å². The van der Waals surface area contributed by atoms with Crippen LogP contribution in [0.5, 0.6) is 0 Å². The van der Waals surface area contributed by atoms with Gasteiger partial charge in [-0.25, -0.2) is 9.80 Å². The first-order chi connectivity index (χ1) is 17.7. The number of hydrogen-bond acceptors (Lipinski definition) is 7. The van der Waals surface area contributed by atoms with Crippen molar-refractivity contribution in [3.8, 4) is 17.5 Å². The number of carbonyl (C=O) groups is 1. The Morgan fingerprint density at radius 3 is 2.46 bits per heavy atom. The average Bonchev–Trinajstić information content (AvgIpc) is 3.64. The molecule has 1 aliphatic rings. The maximum Gasteiger partial charge on any atom is 0.342 e. The first-order valence-electron chi connectivity index (χ1n) is 11.5. The van der Waals surface area contributed by atoms with Crippen LogP contribution in [0.4, 0.5) is 10.5 Å². The van der Waals surface area contributed by atoms with Gasteiger partial charge in [-0.2, -0.15) is 20.4 Å². The summed E-state index contributed by atoms with van der Waals surface area (Å²) in [5, 5.41) is 27.0. The van der Waals surface area contributed by atoms with Crippen LogP contribution in [0.3, 0.4) is 0 Å². The predicted octanol–water partition coefficient (Wildman–Crippen LogP) is 5.25. The van der Waals surface area contributed by atoms with E-state index in [2.05, 4.69) is 31.7 Å². The number of urea groups is 1. The zero-order valence-electron chi connectivity index (χ0n) is 20.4. The number of amides is 2. The highest BCUT2D eigenvalue weighted by Gasteiger charge is 2.33. The maximum absolute atomic E-state index is 13.1. The number of hydrazone groups is 1. The minimum atomic E-state index is -0.399. The Balaban J connectivity index is 1.34. The Bertz CT molecular complexity index is 1510. The molecule has 0 saturated heterocycles. The molecule has 2 amide bonds. The molecule has 37 heavy (non-hydrogen) atoms. The summed E-state index contributed by atoms with van der Waals surface area (Å²) >= 11 is 6.05. The largest absolute Gasteiger partial charge is 0.342 e. The molecule has 4 aromatic rings. The SMILES string of the molecule is CC(C)(C)c1nc(-c2ccc(NC(=O)N3CC(n4cc(C#N)cn4)C(c4ccc(Cl)cc4)=N3)cc2)no1. The van der Waals surface area contributed by atoms with Gasteiger partial charge in [-0.05, 0) is 36.4 Å². The third-order valence-electron chi connectivity index (χ3n) is 5.78. The van der Waals surface area contributed by atoms with E-state index in [9.17, 15) is 10.1 Å². The zero-order valence-corrected chi connectivity index (χ0v) is 21.1. The molecule has 11 heteroatoms. The second kappa shape index (κ2) is 9.52. The molecular weight excluding hydrogens is 492 g/mol. The Morgan fingerprint density at radius 1 is 1.14 bits per heavy atom. The normalized spacial score (nSPS) is 15.4. The van der Waals surface area contributed by atoms with E-state index in [-0.39, 0.29) is 18.0 Å². The van der Waals surface area contributed by atoms with Gasteiger partial charge in [0, 0.05) is 33.4 Å². The number of benzene rings is 2. The Hall–Kier alpha value is -4.49. The van der Waals surface area contributed by atoms with Crippen LogP contribution in [0.15, 0.2) is 70.5 Å². The quantitative estimate of drug-likeness (QED) is 0.396. The van der Waals surface area contributed by atoms with Crippen molar-refractivity contribution in [2.75, 3.05) is 11.9 Å². The summed E-state index contributed by atoms with van der Waals surface area (Å²) in [6, 6.07) is 15.7. The van der Waals surface area contributed by atoms with Crippen LogP contribution in [-0.2, 0) is 5.41 Å².